The quantitative estimate of drug-likeness (QED) is 0.536. The molecule has 0 bridgehead atoms. The van der Waals surface area contributed by atoms with Crippen LogP contribution in [0.15, 0.2) is 77.7 Å². The number of sulfonamides is 1. The molecule has 1 amide bonds. The van der Waals surface area contributed by atoms with Crippen LogP contribution in [0.5, 0.6) is 0 Å². The third-order valence-corrected chi connectivity index (χ3v) is 8.73. The van der Waals surface area contributed by atoms with E-state index >= 15 is 0 Å². The van der Waals surface area contributed by atoms with Crippen molar-refractivity contribution in [3.05, 3.63) is 88.9 Å². The largest absolute Gasteiger partial charge is 0.368 e. The summed E-state index contributed by atoms with van der Waals surface area (Å²) in [7, 11) is -3.73. The molecule has 0 saturated carbocycles. The van der Waals surface area contributed by atoms with E-state index in [0.29, 0.717) is 35.8 Å². The minimum atomic E-state index is -3.73. The highest BCUT2D eigenvalue weighted by Crippen LogP contribution is 2.37. The van der Waals surface area contributed by atoms with Crippen LogP contribution in [0.25, 0.3) is 0 Å². The number of piperazine rings is 1. The number of hydrogen-bond donors (Lipinski definition) is 0. The van der Waals surface area contributed by atoms with Gasteiger partial charge in [0.1, 0.15) is 0 Å². The minimum Gasteiger partial charge on any atom is -0.368 e. The first-order chi connectivity index (χ1) is 16.3. The van der Waals surface area contributed by atoms with Gasteiger partial charge in [0.05, 0.1) is 10.6 Å². The average Bonchev–Trinajstić information content (AvgIpc) is 3.20. The third-order valence-electron chi connectivity index (χ3n) is 6.54. The summed E-state index contributed by atoms with van der Waals surface area (Å²) in [5.41, 5.74) is 3.28. The Labute approximate surface area is 205 Å². The Morgan fingerprint density at radius 1 is 0.912 bits per heavy atom. The second-order valence-corrected chi connectivity index (χ2v) is 11.0. The number of carbonyl (C=O) groups is 1. The summed E-state index contributed by atoms with van der Waals surface area (Å²) in [5, 5.41) is 0.488. The van der Waals surface area contributed by atoms with E-state index in [4.69, 9.17) is 11.6 Å². The number of rotatable bonds is 4. The van der Waals surface area contributed by atoms with E-state index in [0.717, 1.165) is 18.7 Å². The Morgan fingerprint density at radius 3 is 2.26 bits per heavy atom. The molecule has 0 aromatic heterocycles. The van der Waals surface area contributed by atoms with Gasteiger partial charge in [-0.15, -0.1) is 0 Å². The second kappa shape index (κ2) is 8.96. The van der Waals surface area contributed by atoms with Crippen molar-refractivity contribution in [2.75, 3.05) is 35.4 Å². The highest BCUT2D eigenvalue weighted by Gasteiger charge is 2.36. The van der Waals surface area contributed by atoms with Crippen LogP contribution in [0.3, 0.4) is 0 Å². The molecule has 0 spiro atoms. The van der Waals surface area contributed by atoms with Crippen LogP contribution in [0.4, 0.5) is 11.4 Å². The van der Waals surface area contributed by atoms with Gasteiger partial charge < -0.3 is 9.80 Å². The first-order valence-electron chi connectivity index (χ1n) is 11.4. The Kier molecular flexibility index (Phi) is 6.00. The Bertz CT molecular complexity index is 1300. The van der Waals surface area contributed by atoms with Crippen molar-refractivity contribution in [1.82, 2.24) is 4.90 Å². The Balaban J connectivity index is 1.33. The summed E-state index contributed by atoms with van der Waals surface area (Å²) >= 11 is 5.93. The van der Waals surface area contributed by atoms with E-state index in [1.165, 1.54) is 22.1 Å². The summed E-state index contributed by atoms with van der Waals surface area (Å²) in [6.07, 6.45) is 0.561. The highest BCUT2D eigenvalue weighted by molar-refractivity contribution is 7.92. The monoisotopic (exact) mass is 495 g/mol. The van der Waals surface area contributed by atoms with Crippen LogP contribution in [-0.2, 0) is 16.4 Å². The van der Waals surface area contributed by atoms with Gasteiger partial charge in [-0.05, 0) is 73.5 Å². The number of carbonyl (C=O) groups excluding carboxylic acids is 1. The van der Waals surface area contributed by atoms with E-state index in [-0.39, 0.29) is 16.8 Å². The van der Waals surface area contributed by atoms with E-state index in [2.05, 4.69) is 17.0 Å². The fourth-order valence-electron chi connectivity index (χ4n) is 4.81. The molecule has 2 aliphatic rings. The topological polar surface area (TPSA) is 60.9 Å². The lowest BCUT2D eigenvalue weighted by molar-refractivity contribution is 0.0746. The van der Waals surface area contributed by atoms with E-state index in [9.17, 15) is 13.2 Å². The maximum Gasteiger partial charge on any atom is 0.264 e. The molecule has 0 N–H and O–H groups in total. The van der Waals surface area contributed by atoms with Crippen molar-refractivity contribution < 1.29 is 13.2 Å². The molecule has 3 aromatic rings. The first kappa shape index (κ1) is 22.7. The zero-order chi connectivity index (χ0) is 23.9. The van der Waals surface area contributed by atoms with Gasteiger partial charge in [-0.3, -0.25) is 9.10 Å². The predicted octanol–water partition coefficient (Wildman–Crippen LogP) is 4.44. The lowest BCUT2D eigenvalue weighted by atomic mass is 10.1. The number of benzene rings is 3. The van der Waals surface area contributed by atoms with Crippen molar-refractivity contribution in [2.24, 2.45) is 0 Å². The number of fused-ring (bicyclic) bond motifs is 1. The molecule has 2 aliphatic heterocycles. The molecule has 0 radical (unpaired) electrons. The molecule has 34 heavy (non-hydrogen) atoms. The van der Waals surface area contributed by atoms with Crippen molar-refractivity contribution in [3.63, 3.8) is 0 Å². The van der Waals surface area contributed by atoms with Crippen molar-refractivity contribution in [2.45, 2.75) is 24.3 Å². The molecule has 0 unspecified atom stereocenters. The molecule has 5 rings (SSSR count). The van der Waals surface area contributed by atoms with Crippen LogP contribution in [0, 0.1) is 0 Å². The van der Waals surface area contributed by atoms with Gasteiger partial charge in [-0.2, -0.15) is 0 Å². The Morgan fingerprint density at radius 2 is 1.59 bits per heavy atom. The van der Waals surface area contributed by atoms with Gasteiger partial charge in [-0.1, -0.05) is 29.8 Å². The summed E-state index contributed by atoms with van der Waals surface area (Å²) in [4.78, 5) is 17.6. The van der Waals surface area contributed by atoms with Gasteiger partial charge in [0.15, 0.2) is 0 Å². The fourth-order valence-corrected chi connectivity index (χ4v) is 6.63. The van der Waals surface area contributed by atoms with Crippen molar-refractivity contribution in [3.8, 4) is 0 Å². The minimum absolute atomic E-state index is 0.0119. The van der Waals surface area contributed by atoms with Crippen LogP contribution < -0.4 is 9.21 Å². The summed E-state index contributed by atoms with van der Waals surface area (Å²) in [5.74, 6) is -0.0119. The predicted molar refractivity (Wildman–Crippen MR) is 135 cm³/mol. The average molecular weight is 496 g/mol. The van der Waals surface area contributed by atoms with Crippen molar-refractivity contribution in [1.29, 1.82) is 0 Å². The molecule has 1 fully saturated rings. The SMILES string of the molecule is C[C@H]1Cc2cc(C(=O)N3CCN(c4ccccc4)CC3)ccc2N1S(=O)(=O)c1ccc(Cl)cc1. The number of para-hydroxylation sites is 1. The van der Waals surface area contributed by atoms with E-state index in [1.54, 1.807) is 24.3 Å². The normalized spacial score (nSPS) is 18.2. The van der Waals surface area contributed by atoms with Crippen molar-refractivity contribution >= 4 is 38.9 Å². The van der Waals surface area contributed by atoms with Crippen LogP contribution >= 0.6 is 11.6 Å². The molecule has 3 aromatic carbocycles. The number of halogens is 1. The maximum absolute atomic E-state index is 13.3. The van der Waals surface area contributed by atoms with Crippen LogP contribution in [0.1, 0.15) is 22.8 Å². The third kappa shape index (κ3) is 4.14. The molecule has 2 heterocycles. The smallest absolute Gasteiger partial charge is 0.264 e. The summed E-state index contributed by atoms with van der Waals surface area (Å²) in [6.45, 7) is 4.75. The molecular weight excluding hydrogens is 470 g/mol. The van der Waals surface area contributed by atoms with Crippen LogP contribution in [-0.4, -0.2) is 51.4 Å². The number of anilines is 2. The lowest BCUT2D eigenvalue weighted by Crippen LogP contribution is -2.48. The fraction of sp³-hybridized carbons (Fsp3) is 0.269. The molecule has 0 aliphatic carbocycles. The molecule has 176 valence electrons. The van der Waals surface area contributed by atoms with Gasteiger partial charge in [0.25, 0.3) is 15.9 Å². The second-order valence-electron chi connectivity index (χ2n) is 8.77. The lowest BCUT2D eigenvalue weighted by Gasteiger charge is -2.36. The van der Waals surface area contributed by atoms with E-state index < -0.39 is 10.0 Å². The zero-order valence-electron chi connectivity index (χ0n) is 18.9. The molecule has 1 atom stereocenters. The van der Waals surface area contributed by atoms with Gasteiger partial charge >= 0.3 is 0 Å². The summed E-state index contributed by atoms with van der Waals surface area (Å²) < 4.78 is 28.1. The number of nitrogens with zero attached hydrogens (tertiary/aromatic N) is 3. The maximum atomic E-state index is 13.3. The highest BCUT2D eigenvalue weighted by atomic mass is 35.5. The first-order valence-corrected chi connectivity index (χ1v) is 13.2. The molecule has 8 heteroatoms. The Hall–Kier alpha value is -3.03. The molecular formula is C26H26ClN3O3S. The van der Waals surface area contributed by atoms with E-state index in [1.807, 2.05) is 36.1 Å². The van der Waals surface area contributed by atoms with Gasteiger partial charge in [0.2, 0.25) is 0 Å². The van der Waals surface area contributed by atoms with Gasteiger partial charge in [-0.25, -0.2) is 8.42 Å². The summed E-state index contributed by atoms with van der Waals surface area (Å²) in [6, 6.07) is 21.5. The van der Waals surface area contributed by atoms with Gasteiger partial charge in [0, 0.05) is 48.5 Å². The number of hydrogen-bond acceptors (Lipinski definition) is 4. The molecule has 1 saturated heterocycles. The van der Waals surface area contributed by atoms with Crippen LogP contribution in [0.2, 0.25) is 5.02 Å². The number of amides is 1. The zero-order valence-corrected chi connectivity index (χ0v) is 20.5. The standard InChI is InChI=1S/C26H26ClN3O3S/c1-19-17-21-18-20(26(31)29-15-13-28(14-16-29)23-5-3-2-4-6-23)7-12-25(21)30(19)34(32,33)24-10-8-22(27)9-11-24/h2-12,18-19H,13-17H2,1H3/t19-/m0/s1. The molecule has 6 nitrogen and oxygen atoms in total.